The van der Waals surface area contributed by atoms with E-state index in [9.17, 15) is 18.0 Å². The summed E-state index contributed by atoms with van der Waals surface area (Å²) >= 11 is 13.0. The quantitative estimate of drug-likeness (QED) is 0.239. The van der Waals surface area contributed by atoms with E-state index < -0.39 is 28.5 Å². The van der Waals surface area contributed by atoms with E-state index in [-0.39, 0.29) is 34.8 Å². The van der Waals surface area contributed by atoms with Crippen LogP contribution >= 0.6 is 23.2 Å². The second-order valence-electron chi connectivity index (χ2n) is 11.1. The van der Waals surface area contributed by atoms with Gasteiger partial charge >= 0.3 is 0 Å². The lowest BCUT2D eigenvalue weighted by molar-refractivity contribution is -0.139. The van der Waals surface area contributed by atoms with Crippen LogP contribution < -0.4 is 19.1 Å². The van der Waals surface area contributed by atoms with Gasteiger partial charge in [0.15, 0.2) is 0 Å². The molecule has 1 saturated carbocycles. The van der Waals surface area contributed by atoms with E-state index in [1.54, 1.807) is 49.4 Å². The van der Waals surface area contributed by atoms with Gasteiger partial charge in [0.2, 0.25) is 11.8 Å². The molecular formula is C33H39Cl2N3O6S. The van der Waals surface area contributed by atoms with Crippen LogP contribution in [0.3, 0.4) is 0 Å². The Bertz CT molecular complexity index is 1590. The molecule has 0 bridgehead atoms. The van der Waals surface area contributed by atoms with Crippen molar-refractivity contribution in [3.8, 4) is 11.5 Å². The number of aryl methyl sites for hydroxylation is 1. The zero-order valence-corrected chi connectivity index (χ0v) is 28.2. The summed E-state index contributed by atoms with van der Waals surface area (Å²) in [6.45, 7) is 2.69. The van der Waals surface area contributed by atoms with Gasteiger partial charge in [-0.25, -0.2) is 8.42 Å². The van der Waals surface area contributed by atoms with E-state index in [1.165, 1.54) is 37.3 Å². The van der Waals surface area contributed by atoms with Crippen LogP contribution in [-0.2, 0) is 26.2 Å². The van der Waals surface area contributed by atoms with Crippen LogP contribution in [0.25, 0.3) is 0 Å². The van der Waals surface area contributed by atoms with E-state index in [4.69, 9.17) is 32.7 Å². The van der Waals surface area contributed by atoms with Gasteiger partial charge in [0.05, 0.1) is 24.8 Å². The van der Waals surface area contributed by atoms with Gasteiger partial charge in [0.25, 0.3) is 10.0 Å². The summed E-state index contributed by atoms with van der Waals surface area (Å²) in [4.78, 5) is 29.2. The lowest BCUT2D eigenvalue weighted by Crippen LogP contribution is -2.53. The average Bonchev–Trinajstić information content (AvgIpc) is 3.03. The van der Waals surface area contributed by atoms with Crippen molar-refractivity contribution in [1.29, 1.82) is 0 Å². The summed E-state index contributed by atoms with van der Waals surface area (Å²) in [6, 6.07) is 15.0. The summed E-state index contributed by atoms with van der Waals surface area (Å²) in [5.74, 6) is -0.409. The largest absolute Gasteiger partial charge is 0.497 e. The van der Waals surface area contributed by atoms with Crippen LogP contribution in [0.4, 0.5) is 5.69 Å². The molecule has 0 radical (unpaired) electrons. The van der Waals surface area contributed by atoms with Crippen molar-refractivity contribution in [2.45, 2.75) is 69.5 Å². The summed E-state index contributed by atoms with van der Waals surface area (Å²) < 4.78 is 40.4. The molecule has 1 aliphatic carbocycles. The van der Waals surface area contributed by atoms with E-state index in [0.717, 1.165) is 42.0 Å². The third-order valence-corrected chi connectivity index (χ3v) is 10.5. The molecule has 242 valence electrons. The highest BCUT2D eigenvalue weighted by Gasteiger charge is 2.35. The fraction of sp³-hybridized carbons (Fsp3) is 0.394. The third kappa shape index (κ3) is 8.23. The summed E-state index contributed by atoms with van der Waals surface area (Å²) in [6.07, 6.45) is 4.88. The van der Waals surface area contributed by atoms with Crippen LogP contribution in [0.5, 0.6) is 11.5 Å². The molecule has 3 aromatic carbocycles. The third-order valence-electron chi connectivity index (χ3n) is 8.05. The zero-order chi connectivity index (χ0) is 32.7. The number of carbonyl (C=O) groups is 2. The number of hydrogen-bond acceptors (Lipinski definition) is 6. The van der Waals surface area contributed by atoms with Gasteiger partial charge in [-0.3, -0.25) is 13.9 Å². The topological polar surface area (TPSA) is 105 Å². The maximum absolute atomic E-state index is 14.4. The molecule has 9 nitrogen and oxygen atoms in total. The summed E-state index contributed by atoms with van der Waals surface area (Å²) in [5.41, 5.74) is 1.41. The van der Waals surface area contributed by atoms with Gasteiger partial charge < -0.3 is 19.7 Å². The predicted molar refractivity (Wildman–Crippen MR) is 177 cm³/mol. The molecule has 2 amide bonds. The standard InChI is InChI=1S/C33H39Cl2N3O6S/c1-22-13-16-26(17-14-22)45(41,42)38(30-19-25(43-3)15-18-31(30)44-4)21-32(39)37(20-27-28(34)11-8-12-29(27)35)23(2)33(40)36-24-9-6-5-7-10-24/h8,11-19,23-24H,5-7,9-10,20-21H2,1-4H3,(H,36,40)/t23-/m0/s1. The Morgan fingerprint density at radius 1 is 0.956 bits per heavy atom. The Kier molecular flexibility index (Phi) is 11.6. The monoisotopic (exact) mass is 675 g/mol. The molecule has 1 aliphatic rings. The van der Waals surface area contributed by atoms with Crippen LogP contribution in [-0.4, -0.2) is 58.0 Å². The van der Waals surface area contributed by atoms with Crippen molar-refractivity contribution >= 4 is 50.7 Å². The number of halogens is 2. The van der Waals surface area contributed by atoms with Crippen molar-refractivity contribution in [2.24, 2.45) is 0 Å². The normalized spacial score (nSPS) is 14.4. The first-order chi connectivity index (χ1) is 21.5. The molecule has 0 saturated heterocycles. The Labute approximate surface area is 275 Å². The summed E-state index contributed by atoms with van der Waals surface area (Å²) in [5, 5.41) is 3.72. The molecule has 1 atom stereocenters. The predicted octanol–water partition coefficient (Wildman–Crippen LogP) is 6.38. The number of benzene rings is 3. The van der Waals surface area contributed by atoms with Crippen LogP contribution in [0.1, 0.15) is 50.2 Å². The van der Waals surface area contributed by atoms with Gasteiger partial charge in [-0.15, -0.1) is 0 Å². The minimum absolute atomic E-state index is 0.00834. The SMILES string of the molecule is COc1ccc(OC)c(N(CC(=O)N(Cc2c(Cl)cccc2Cl)[C@@H](C)C(=O)NC2CCCCC2)S(=O)(=O)c2ccc(C)cc2)c1. The number of amides is 2. The van der Waals surface area contributed by atoms with Crippen molar-refractivity contribution in [2.75, 3.05) is 25.1 Å². The highest BCUT2D eigenvalue weighted by molar-refractivity contribution is 7.92. The van der Waals surface area contributed by atoms with Crippen molar-refractivity contribution in [1.82, 2.24) is 10.2 Å². The molecule has 3 aromatic rings. The molecule has 1 fully saturated rings. The smallest absolute Gasteiger partial charge is 0.264 e. The van der Waals surface area contributed by atoms with E-state index in [1.807, 2.05) is 6.92 Å². The second kappa shape index (κ2) is 15.2. The molecule has 0 aromatic heterocycles. The maximum atomic E-state index is 14.4. The fourth-order valence-corrected chi connectivity index (χ4v) is 7.28. The van der Waals surface area contributed by atoms with Crippen molar-refractivity contribution in [3.63, 3.8) is 0 Å². The number of nitrogens with zero attached hydrogens (tertiary/aromatic N) is 2. The van der Waals surface area contributed by atoms with E-state index in [0.29, 0.717) is 21.4 Å². The van der Waals surface area contributed by atoms with Gasteiger partial charge in [0.1, 0.15) is 24.1 Å². The lowest BCUT2D eigenvalue weighted by Gasteiger charge is -2.34. The Morgan fingerprint density at radius 3 is 2.20 bits per heavy atom. The number of hydrogen-bond donors (Lipinski definition) is 1. The first-order valence-electron chi connectivity index (χ1n) is 14.8. The first-order valence-corrected chi connectivity index (χ1v) is 17.0. The molecule has 12 heteroatoms. The Balaban J connectivity index is 1.78. The molecule has 0 aliphatic heterocycles. The Hall–Kier alpha value is -3.47. The van der Waals surface area contributed by atoms with Crippen LogP contribution in [0.2, 0.25) is 10.0 Å². The fourth-order valence-electron chi connectivity index (χ4n) is 5.35. The maximum Gasteiger partial charge on any atom is 0.264 e. The average molecular weight is 677 g/mol. The number of anilines is 1. The lowest BCUT2D eigenvalue weighted by atomic mass is 9.95. The second-order valence-corrected chi connectivity index (χ2v) is 13.8. The molecule has 45 heavy (non-hydrogen) atoms. The summed E-state index contributed by atoms with van der Waals surface area (Å²) in [7, 11) is -1.45. The minimum atomic E-state index is -4.32. The molecule has 0 heterocycles. The number of nitrogens with one attached hydrogen (secondary N) is 1. The Morgan fingerprint density at radius 2 is 1.60 bits per heavy atom. The van der Waals surface area contributed by atoms with E-state index >= 15 is 0 Å². The molecule has 0 spiro atoms. The number of sulfonamides is 1. The van der Waals surface area contributed by atoms with Gasteiger partial charge in [0, 0.05) is 34.3 Å². The minimum Gasteiger partial charge on any atom is -0.497 e. The zero-order valence-electron chi connectivity index (χ0n) is 25.9. The highest BCUT2D eigenvalue weighted by Crippen LogP contribution is 2.36. The van der Waals surface area contributed by atoms with Gasteiger partial charge in [-0.2, -0.15) is 0 Å². The first kappa shape index (κ1) is 34.4. The van der Waals surface area contributed by atoms with E-state index in [2.05, 4.69) is 5.32 Å². The van der Waals surface area contributed by atoms with Crippen LogP contribution in [0.15, 0.2) is 65.6 Å². The number of methoxy groups -OCH3 is 2. The van der Waals surface area contributed by atoms with Gasteiger partial charge in [-0.1, -0.05) is 66.2 Å². The molecule has 0 unspecified atom stereocenters. The van der Waals surface area contributed by atoms with Crippen LogP contribution in [0, 0.1) is 6.92 Å². The van der Waals surface area contributed by atoms with Crippen molar-refractivity contribution < 1.29 is 27.5 Å². The van der Waals surface area contributed by atoms with Crippen molar-refractivity contribution in [3.05, 3.63) is 81.8 Å². The van der Waals surface area contributed by atoms with Gasteiger partial charge in [-0.05, 0) is 63.1 Å². The molecular weight excluding hydrogens is 637 g/mol. The number of rotatable bonds is 12. The molecule has 1 N–H and O–H groups in total. The molecule has 4 rings (SSSR count). The number of carbonyl (C=O) groups excluding carboxylic acids is 2. The highest BCUT2D eigenvalue weighted by atomic mass is 35.5. The number of ether oxygens (including phenoxy) is 2.